The number of pyridine rings is 2. The van der Waals surface area contributed by atoms with Crippen molar-refractivity contribution < 1.29 is 119 Å². The van der Waals surface area contributed by atoms with Crippen LogP contribution in [0, 0.1) is 0 Å². The Balaban J connectivity index is -0.0000000264. The van der Waals surface area contributed by atoms with Gasteiger partial charge in [-0.1, -0.05) is 0 Å². The number of nitrogens with zero attached hydrogens (tertiary/aromatic N) is 4. The molecule has 24 heteroatoms. The molecule has 0 fully saturated rings. The van der Waals surface area contributed by atoms with Crippen molar-refractivity contribution in [2.75, 3.05) is 13.1 Å². The molecule has 2 heterocycles. The molecule has 0 aliphatic carbocycles. The molecule has 0 saturated carbocycles. The van der Waals surface area contributed by atoms with Crippen molar-refractivity contribution in [1.29, 1.82) is 0 Å². The van der Waals surface area contributed by atoms with E-state index >= 15 is 0 Å². The summed E-state index contributed by atoms with van der Waals surface area (Å²) < 4.78 is 0. The van der Waals surface area contributed by atoms with Crippen LogP contribution in [0.2, 0.25) is 0 Å². The van der Waals surface area contributed by atoms with Crippen LogP contribution in [0.1, 0.15) is 13.8 Å². The average Bonchev–Trinajstić information content (AvgIpc) is 2.80. The molecule has 0 unspecified atom stereocenters. The van der Waals surface area contributed by atoms with Crippen LogP contribution in [0.25, 0.3) is 11.1 Å². The van der Waals surface area contributed by atoms with Gasteiger partial charge >= 0.3 is 34.1 Å². The number of aliphatic carboxylic acids is 2. The van der Waals surface area contributed by atoms with Crippen LogP contribution >= 0.6 is 0 Å². The molecule has 272 valence electrons. The summed E-state index contributed by atoms with van der Waals surface area (Å²) in [7, 11) is 0. The Morgan fingerprint density at radius 2 is 0.795 bits per heavy atom. The van der Waals surface area contributed by atoms with E-state index in [2.05, 4.69) is 20.0 Å². The van der Waals surface area contributed by atoms with Gasteiger partial charge in [-0.2, -0.15) is 0 Å². The van der Waals surface area contributed by atoms with E-state index in [1.807, 2.05) is 24.3 Å². The van der Waals surface area contributed by atoms with Crippen LogP contribution < -0.4 is 31.9 Å². The maximum Gasteiger partial charge on any atom is 2.00 e. The summed E-state index contributed by atoms with van der Waals surface area (Å²) in [6.45, 7) is 1.97. The molecule has 2 atom stereocenters. The Labute approximate surface area is 273 Å². The summed E-state index contributed by atoms with van der Waals surface area (Å²) in [5.41, 5.74) is 12.1. The molecule has 0 aliphatic heterocycles. The van der Waals surface area contributed by atoms with E-state index in [1.54, 1.807) is 24.8 Å². The molecule has 44 heavy (non-hydrogen) atoms. The zero-order chi connectivity index (χ0) is 24.5. The fourth-order valence-electron chi connectivity index (χ4n) is 1.73. The van der Waals surface area contributed by atoms with Crippen LogP contribution in [0.3, 0.4) is 0 Å². The zero-order valence-electron chi connectivity index (χ0n) is 23.2. The van der Waals surface area contributed by atoms with Crippen LogP contribution in [0.5, 0.6) is 0 Å². The summed E-state index contributed by atoms with van der Waals surface area (Å²) in [4.78, 5) is 34.2. The minimum Gasteiger partial charge on any atom is -0.861 e. The number of aromatic nitrogens is 2. The van der Waals surface area contributed by atoms with Crippen molar-refractivity contribution >= 4 is 23.7 Å². The van der Waals surface area contributed by atoms with Crippen molar-refractivity contribution in [3.63, 3.8) is 0 Å². The van der Waals surface area contributed by atoms with Gasteiger partial charge in [0.25, 0.3) is 0 Å². The quantitative estimate of drug-likeness (QED) is 0.153. The summed E-state index contributed by atoms with van der Waals surface area (Å²) in [5, 5.41) is 40.6. The SMILES string of the molecule is C[C@@H](N=C([O-])CN)C(=O)[O-].C[C@H](N=C([O-])CN)C(=O)[O-].O.O.O.O.O.O.O.O.O.O.[Cu+2].[Cu+2].c1cc(-c2ccncc2)ccn1. The average molecular weight is 752 g/mol. The topological polar surface area (TPSA) is 544 Å². The third kappa shape index (κ3) is 40.9. The second kappa shape index (κ2) is 49.4. The Bertz CT molecular complexity index is 833. The van der Waals surface area contributed by atoms with Crippen LogP contribution in [0.15, 0.2) is 59.0 Å². The summed E-state index contributed by atoms with van der Waals surface area (Å²) in [6.07, 6.45) is 7.15. The molecular weight excluding hydrogens is 707 g/mol. The molecule has 0 aromatic carbocycles. The number of rotatable bonds is 7. The van der Waals surface area contributed by atoms with Crippen molar-refractivity contribution in [3.8, 4) is 11.1 Å². The molecule has 0 saturated heterocycles. The van der Waals surface area contributed by atoms with E-state index in [0.717, 1.165) is 0 Å². The van der Waals surface area contributed by atoms with Crippen LogP contribution in [0.4, 0.5) is 0 Å². The van der Waals surface area contributed by atoms with Gasteiger partial charge in [0.05, 0.1) is 24.0 Å². The first-order valence-electron chi connectivity index (χ1n) is 9.21. The predicted molar refractivity (Wildman–Crippen MR) is 146 cm³/mol. The Kier molecular flexibility index (Phi) is 93.9. The Morgan fingerprint density at radius 3 is 0.955 bits per heavy atom. The maximum atomic E-state index is 10.3. The molecule has 0 spiro atoms. The van der Waals surface area contributed by atoms with Gasteiger partial charge in [-0.05, 0) is 61.0 Å². The van der Waals surface area contributed by atoms with Crippen LogP contribution in [-0.4, -0.2) is 114 Å². The summed E-state index contributed by atoms with van der Waals surface area (Å²) >= 11 is 0. The number of hydrogen-bond acceptors (Lipinski definition) is 12. The van der Waals surface area contributed by atoms with Gasteiger partial charge in [0.2, 0.25) is 0 Å². The molecule has 24 N–H and O–H groups in total. The second-order valence-corrected chi connectivity index (χ2v) is 5.92. The first kappa shape index (κ1) is 83.6. The van der Waals surface area contributed by atoms with E-state index in [0.29, 0.717) is 0 Å². The van der Waals surface area contributed by atoms with Gasteiger partial charge in [0.15, 0.2) is 0 Å². The minimum atomic E-state index is -1.37. The van der Waals surface area contributed by atoms with Crippen molar-refractivity contribution in [2.45, 2.75) is 25.9 Å². The van der Waals surface area contributed by atoms with E-state index in [-0.39, 0.29) is 102 Å². The first-order valence-corrected chi connectivity index (χ1v) is 9.21. The Morgan fingerprint density at radius 1 is 0.591 bits per heavy atom. The second-order valence-electron chi connectivity index (χ2n) is 5.92. The van der Waals surface area contributed by atoms with E-state index in [9.17, 15) is 30.0 Å². The third-order valence-corrected chi connectivity index (χ3v) is 3.40. The van der Waals surface area contributed by atoms with Crippen molar-refractivity contribution in [1.82, 2.24) is 9.97 Å². The number of carboxylic acid groups (broad SMARTS) is 2. The molecule has 2 radical (unpaired) electrons. The standard InChI is InChI=1S/C10H8N2.2C5H10N2O3.2Cu.10H2O/c1-5-11-6-2-9(1)10-3-7-12-8-4-10;2*1-3(5(9)10)7-4(8)2-6;;;;;;;;;;;;/h1-8H;2*3H,2,6H2,1H3,(H,7,8)(H,9,10);;;10*1H2/q;;;2*+2;;;;;;;;;;/p-4/t;2*3-;;;;;;;;;;;;/m.10............/s1. The molecule has 0 amide bonds. The van der Waals surface area contributed by atoms with Crippen molar-refractivity contribution in [2.24, 2.45) is 21.5 Å². The molecule has 2 rings (SSSR count). The largest absolute Gasteiger partial charge is 2.00 e. The molecule has 2 aromatic rings. The van der Waals surface area contributed by atoms with E-state index < -0.39 is 35.8 Å². The zero-order valence-corrected chi connectivity index (χ0v) is 25.1. The van der Waals surface area contributed by atoms with Gasteiger partial charge < -0.3 is 96.2 Å². The van der Waals surface area contributed by atoms with E-state index in [4.69, 9.17) is 11.5 Å². The fourth-order valence-corrected chi connectivity index (χ4v) is 1.73. The predicted octanol–water partition coefficient (Wildman–Crippen LogP) is -12.4. The van der Waals surface area contributed by atoms with Gasteiger partial charge in [0.1, 0.15) is 0 Å². The molecule has 0 aliphatic rings. The monoisotopic (exact) mass is 750 g/mol. The smallest absolute Gasteiger partial charge is 0.861 e. The normalized spacial score (nSPS) is 9.36. The number of hydrogen-bond donors (Lipinski definition) is 2. The van der Waals surface area contributed by atoms with Gasteiger partial charge in [-0.25, -0.2) is 0 Å². The number of carbonyl (C=O) groups excluding carboxylic acids is 2. The number of carbonyl (C=O) groups is 2. The molecular formula is C20H44Cu2N6O16. The third-order valence-electron chi connectivity index (χ3n) is 3.40. The maximum absolute atomic E-state index is 10.3. The van der Waals surface area contributed by atoms with E-state index in [1.165, 1.54) is 25.0 Å². The number of aliphatic imine (C=N–C) groups is 2. The fraction of sp³-hybridized carbons (Fsp3) is 0.300. The van der Waals surface area contributed by atoms with Gasteiger partial charge in [-0.3, -0.25) is 20.0 Å². The molecule has 22 nitrogen and oxygen atoms in total. The first-order chi connectivity index (χ1) is 15.1. The van der Waals surface area contributed by atoms with Crippen LogP contribution in [-0.2, 0) is 43.7 Å². The van der Waals surface area contributed by atoms with Crippen molar-refractivity contribution in [3.05, 3.63) is 49.1 Å². The summed E-state index contributed by atoms with van der Waals surface area (Å²) in [6, 6.07) is 5.72. The molecule has 0 bridgehead atoms. The molecule has 2 aromatic heterocycles. The van der Waals surface area contributed by atoms with Gasteiger partial charge in [-0.15, -0.1) is 0 Å². The Hall–Kier alpha value is -3.26. The summed E-state index contributed by atoms with van der Waals surface area (Å²) in [5.74, 6) is -4.00. The van der Waals surface area contributed by atoms with Gasteiger partial charge in [0, 0.05) is 37.9 Å². The number of carboxylic acids is 2. The number of nitrogens with two attached hydrogens (primary N) is 2. The minimum absolute atomic E-state index is 0.